The predicted molar refractivity (Wildman–Crippen MR) is 124 cm³/mol. The van der Waals surface area contributed by atoms with Crippen molar-refractivity contribution in [2.75, 3.05) is 13.7 Å². The summed E-state index contributed by atoms with van der Waals surface area (Å²) in [4.78, 5) is 29.5. The first-order valence-corrected chi connectivity index (χ1v) is 12.7. The predicted octanol–water partition coefficient (Wildman–Crippen LogP) is 1.27. The number of aliphatic imine (C=N–C) groups is 1. The van der Waals surface area contributed by atoms with Crippen LogP contribution in [0.1, 0.15) is 20.3 Å². The van der Waals surface area contributed by atoms with Crippen molar-refractivity contribution < 1.29 is 37.8 Å². The number of aliphatic hydroxyl groups excluding tert-OH is 1. The Hall–Kier alpha value is -2.22. The van der Waals surface area contributed by atoms with Crippen LogP contribution in [0.3, 0.4) is 0 Å². The maximum absolute atomic E-state index is 13.5. The summed E-state index contributed by atoms with van der Waals surface area (Å²) < 4.78 is 35.8. The van der Waals surface area contributed by atoms with Crippen LogP contribution in [-0.4, -0.2) is 72.3 Å². The molecule has 3 unspecified atom stereocenters. The molecule has 1 aromatic carbocycles. The molecule has 0 radical (unpaired) electrons. The third-order valence-corrected chi connectivity index (χ3v) is 7.24. The van der Waals surface area contributed by atoms with E-state index in [0.717, 1.165) is 4.47 Å². The van der Waals surface area contributed by atoms with Crippen molar-refractivity contribution in [2.24, 2.45) is 10.7 Å². The molecule has 2 amide bonds. The van der Waals surface area contributed by atoms with Crippen molar-refractivity contribution in [1.29, 1.82) is 0 Å². The SMILES string of the molecule is COC(=O)C(C)NP(=O)(OC[C@H]1O[C@@H](N2C(=O)NC(N)=NC2C)C[C@@H]1O)Oc1ccc(Br)cc1. The summed E-state index contributed by atoms with van der Waals surface area (Å²) in [5.74, 6) is -0.467. The lowest BCUT2D eigenvalue weighted by Gasteiger charge is -2.34. The lowest BCUT2D eigenvalue weighted by Crippen LogP contribution is -2.57. The van der Waals surface area contributed by atoms with Gasteiger partial charge in [0.1, 0.15) is 30.3 Å². The molecule has 188 valence electrons. The van der Waals surface area contributed by atoms with Crippen molar-refractivity contribution in [3.05, 3.63) is 28.7 Å². The molecule has 0 spiro atoms. The normalized spacial score (nSPS) is 27.4. The highest BCUT2D eigenvalue weighted by Crippen LogP contribution is 2.46. The van der Waals surface area contributed by atoms with Crippen LogP contribution in [0.4, 0.5) is 4.79 Å². The molecule has 34 heavy (non-hydrogen) atoms. The van der Waals surface area contributed by atoms with E-state index < -0.39 is 50.4 Å². The topological polar surface area (TPSA) is 174 Å². The first-order chi connectivity index (χ1) is 16.0. The van der Waals surface area contributed by atoms with E-state index in [1.54, 1.807) is 31.2 Å². The molecule has 6 atom stereocenters. The summed E-state index contributed by atoms with van der Waals surface area (Å²) in [7, 11) is -2.94. The number of amides is 2. The van der Waals surface area contributed by atoms with Crippen LogP contribution in [0.15, 0.2) is 33.7 Å². The first-order valence-electron chi connectivity index (χ1n) is 10.3. The van der Waals surface area contributed by atoms with Gasteiger partial charge in [0.15, 0.2) is 5.96 Å². The molecule has 13 nitrogen and oxygen atoms in total. The first kappa shape index (κ1) is 26.4. The van der Waals surface area contributed by atoms with E-state index in [2.05, 4.69) is 36.1 Å². The fourth-order valence-corrected chi connectivity index (χ4v) is 5.18. The van der Waals surface area contributed by atoms with Gasteiger partial charge in [-0.25, -0.2) is 14.4 Å². The van der Waals surface area contributed by atoms with E-state index in [-0.39, 0.29) is 24.7 Å². The molecule has 15 heteroatoms. The highest BCUT2D eigenvalue weighted by atomic mass is 79.9. The van der Waals surface area contributed by atoms with Crippen molar-refractivity contribution in [3.63, 3.8) is 0 Å². The zero-order valence-electron chi connectivity index (χ0n) is 18.7. The van der Waals surface area contributed by atoms with Gasteiger partial charge in [0, 0.05) is 10.9 Å². The lowest BCUT2D eigenvalue weighted by molar-refractivity contribution is -0.142. The molecule has 1 saturated heterocycles. The summed E-state index contributed by atoms with van der Waals surface area (Å²) in [6, 6.07) is 4.94. The average molecular weight is 564 g/mol. The molecule has 2 aliphatic rings. The molecule has 0 aliphatic carbocycles. The Morgan fingerprint density at radius 1 is 1.47 bits per heavy atom. The fraction of sp³-hybridized carbons (Fsp3) is 0.526. The van der Waals surface area contributed by atoms with Gasteiger partial charge in [-0.15, -0.1) is 0 Å². The number of nitrogens with one attached hydrogen (secondary N) is 2. The third kappa shape index (κ3) is 6.46. The van der Waals surface area contributed by atoms with Crippen LogP contribution in [0.25, 0.3) is 0 Å². The zero-order valence-corrected chi connectivity index (χ0v) is 21.2. The minimum absolute atomic E-state index is 0.0102. The summed E-state index contributed by atoms with van der Waals surface area (Å²) in [6.45, 7) is 2.73. The molecule has 5 N–H and O–H groups in total. The molecular weight excluding hydrogens is 537 g/mol. The number of nitrogens with two attached hydrogens (primary N) is 1. The summed E-state index contributed by atoms with van der Waals surface area (Å²) in [5.41, 5.74) is 5.56. The van der Waals surface area contributed by atoms with Crippen molar-refractivity contribution in [2.45, 2.75) is 50.9 Å². The van der Waals surface area contributed by atoms with E-state index in [1.165, 1.54) is 18.9 Å². The monoisotopic (exact) mass is 563 g/mol. The van der Waals surface area contributed by atoms with Crippen molar-refractivity contribution >= 4 is 41.6 Å². The van der Waals surface area contributed by atoms with Crippen LogP contribution in [-0.2, 0) is 23.4 Å². The number of halogens is 1. The molecule has 1 fully saturated rings. The van der Waals surface area contributed by atoms with E-state index in [1.807, 2.05) is 0 Å². The van der Waals surface area contributed by atoms with Crippen LogP contribution in [0.5, 0.6) is 5.75 Å². The standard InChI is InChI=1S/C19H27BrN5O8P/c1-10(17(27)30-3)24-34(29,33-13-6-4-12(20)5-7-13)31-9-15-14(26)8-16(32-15)25-11(2)22-18(21)23-19(25)28/h4-7,10-11,14-16,26H,8-9H2,1-3H3,(H,24,29)(H3,21,22,23,28)/t10?,11?,14-,15+,16+,34?/m0/s1. The lowest BCUT2D eigenvalue weighted by atomic mass is 10.2. The van der Waals surface area contributed by atoms with Gasteiger partial charge in [-0.3, -0.25) is 19.5 Å². The summed E-state index contributed by atoms with van der Waals surface area (Å²) in [6.07, 6.45) is -3.33. The van der Waals surface area contributed by atoms with Gasteiger partial charge in [0.05, 0.1) is 19.8 Å². The van der Waals surface area contributed by atoms with Gasteiger partial charge < -0.3 is 24.8 Å². The minimum Gasteiger partial charge on any atom is -0.468 e. The van der Waals surface area contributed by atoms with E-state index in [4.69, 9.17) is 19.5 Å². The number of hydrogen-bond acceptors (Lipinski definition) is 10. The fourth-order valence-electron chi connectivity index (χ4n) is 3.41. The number of urea groups is 1. The Bertz CT molecular complexity index is 980. The molecule has 1 aromatic rings. The molecule has 0 aromatic heterocycles. The van der Waals surface area contributed by atoms with Crippen LogP contribution < -0.4 is 20.7 Å². The average Bonchev–Trinajstić information content (AvgIpc) is 3.12. The number of ether oxygens (including phenoxy) is 2. The second kappa shape index (κ2) is 11.0. The number of hydrogen-bond donors (Lipinski definition) is 4. The van der Waals surface area contributed by atoms with Gasteiger partial charge in [0.2, 0.25) is 0 Å². The van der Waals surface area contributed by atoms with Crippen LogP contribution >= 0.6 is 23.7 Å². The Morgan fingerprint density at radius 3 is 2.76 bits per heavy atom. The highest BCUT2D eigenvalue weighted by Gasteiger charge is 2.44. The number of nitrogens with zero attached hydrogens (tertiary/aromatic N) is 2. The number of benzene rings is 1. The number of esters is 1. The Balaban J connectivity index is 1.70. The van der Waals surface area contributed by atoms with E-state index in [0.29, 0.717) is 0 Å². The molecule has 0 bridgehead atoms. The Kier molecular flexibility index (Phi) is 8.55. The van der Waals surface area contributed by atoms with E-state index >= 15 is 0 Å². The second-order valence-electron chi connectivity index (χ2n) is 7.63. The van der Waals surface area contributed by atoms with Crippen molar-refractivity contribution in [3.8, 4) is 5.75 Å². The maximum atomic E-state index is 13.5. The van der Waals surface area contributed by atoms with Gasteiger partial charge in [0.25, 0.3) is 0 Å². The molecule has 0 saturated carbocycles. The third-order valence-electron chi connectivity index (χ3n) is 5.07. The molecule has 2 aliphatic heterocycles. The minimum atomic E-state index is -4.13. The number of methoxy groups -OCH3 is 1. The Morgan fingerprint density at radius 2 is 2.15 bits per heavy atom. The van der Waals surface area contributed by atoms with Gasteiger partial charge in [-0.1, -0.05) is 15.9 Å². The van der Waals surface area contributed by atoms with Crippen molar-refractivity contribution in [1.82, 2.24) is 15.3 Å². The quantitative estimate of drug-likeness (QED) is 0.253. The highest BCUT2D eigenvalue weighted by molar-refractivity contribution is 9.10. The van der Waals surface area contributed by atoms with Crippen LogP contribution in [0, 0.1) is 0 Å². The zero-order chi connectivity index (χ0) is 25.0. The summed E-state index contributed by atoms with van der Waals surface area (Å²) >= 11 is 3.30. The van der Waals surface area contributed by atoms with E-state index in [9.17, 15) is 19.3 Å². The number of carbonyl (C=O) groups is 2. The molecule has 2 heterocycles. The summed E-state index contributed by atoms with van der Waals surface area (Å²) in [5, 5.41) is 15.4. The number of rotatable bonds is 9. The number of guanidine groups is 1. The van der Waals surface area contributed by atoms with Gasteiger partial charge in [-0.05, 0) is 38.1 Å². The number of aliphatic hydroxyl groups is 1. The largest absolute Gasteiger partial charge is 0.468 e. The maximum Gasteiger partial charge on any atom is 0.459 e. The van der Waals surface area contributed by atoms with Crippen LogP contribution in [0.2, 0.25) is 0 Å². The smallest absolute Gasteiger partial charge is 0.459 e. The molecule has 3 rings (SSSR count). The van der Waals surface area contributed by atoms with Gasteiger partial charge >= 0.3 is 19.7 Å². The molecular formula is C19H27BrN5O8P. The Labute approximate surface area is 204 Å². The van der Waals surface area contributed by atoms with Gasteiger partial charge in [-0.2, -0.15) is 5.09 Å². The second-order valence-corrected chi connectivity index (χ2v) is 10.2. The number of carbonyl (C=O) groups excluding carboxylic acids is 2.